The highest BCUT2D eigenvalue weighted by atomic mass is 32.2. The molecule has 1 aromatic carbocycles. The minimum atomic E-state index is -0.0493. The first-order valence-corrected chi connectivity index (χ1v) is 10.4. The van der Waals surface area contributed by atoms with Gasteiger partial charge in [0.05, 0.1) is 23.4 Å². The first kappa shape index (κ1) is 17.9. The first-order valence-electron chi connectivity index (χ1n) is 8.62. The maximum atomic E-state index is 12.5. The second-order valence-electron chi connectivity index (χ2n) is 6.32. The molecule has 0 bridgehead atoms. The molecule has 3 aromatic rings. The summed E-state index contributed by atoms with van der Waals surface area (Å²) in [7, 11) is 0. The predicted octanol–water partition coefficient (Wildman–Crippen LogP) is 3.62. The van der Waals surface area contributed by atoms with E-state index in [2.05, 4.69) is 15.1 Å². The van der Waals surface area contributed by atoms with E-state index in [1.54, 1.807) is 11.3 Å². The maximum Gasteiger partial charge on any atom is 0.253 e. The lowest BCUT2D eigenvalue weighted by Gasteiger charge is -2.10. The Kier molecular flexibility index (Phi) is 4.84. The highest BCUT2D eigenvalue weighted by molar-refractivity contribution is 7.99. The number of nitrogen functional groups attached to an aromatic ring is 1. The van der Waals surface area contributed by atoms with Crippen molar-refractivity contribution in [1.82, 2.24) is 15.0 Å². The number of amides is 1. The maximum absolute atomic E-state index is 12.5. The molecule has 8 heteroatoms. The zero-order chi connectivity index (χ0) is 19.0. The third-order valence-corrected chi connectivity index (χ3v) is 6.49. The van der Waals surface area contributed by atoms with Crippen molar-refractivity contribution < 1.29 is 4.79 Å². The molecule has 1 aliphatic rings. The summed E-state index contributed by atoms with van der Waals surface area (Å²) in [5.41, 5.74) is 9.24. The second kappa shape index (κ2) is 7.28. The largest absolute Gasteiger partial charge is 0.383 e. The van der Waals surface area contributed by atoms with Crippen LogP contribution in [-0.2, 0) is 4.79 Å². The fraction of sp³-hybridized carbons (Fsp3) is 0.263. The molecule has 27 heavy (non-hydrogen) atoms. The first-order chi connectivity index (χ1) is 13.0. The summed E-state index contributed by atoms with van der Waals surface area (Å²) < 4.78 is 0. The number of hydrogen-bond acceptors (Lipinski definition) is 7. The monoisotopic (exact) mass is 397 g/mol. The van der Waals surface area contributed by atoms with Gasteiger partial charge in [-0.25, -0.2) is 15.0 Å². The molecule has 0 saturated heterocycles. The van der Waals surface area contributed by atoms with Gasteiger partial charge in [0.25, 0.3) is 5.91 Å². The van der Waals surface area contributed by atoms with Crippen LogP contribution in [0.5, 0.6) is 0 Å². The van der Waals surface area contributed by atoms with Crippen molar-refractivity contribution in [3.63, 3.8) is 0 Å². The standard InChI is InChI=1S/C19H19N5OS2/c1-11-12(2)27-18-16(11)17(20)21-19(22-18)26-10-15(25)24-9-8-14(23-24)13-6-4-3-5-7-13/h3-7H,8-10H2,1-2H3,(H2,20,21,22). The minimum Gasteiger partial charge on any atom is -0.383 e. The number of nitrogens with two attached hydrogens (primary N) is 1. The van der Waals surface area contributed by atoms with Gasteiger partial charge >= 0.3 is 0 Å². The molecule has 2 aromatic heterocycles. The Hall–Kier alpha value is -2.45. The van der Waals surface area contributed by atoms with E-state index in [-0.39, 0.29) is 11.7 Å². The van der Waals surface area contributed by atoms with E-state index in [4.69, 9.17) is 5.73 Å². The number of rotatable bonds is 4. The van der Waals surface area contributed by atoms with Gasteiger partial charge in [-0.2, -0.15) is 5.10 Å². The average Bonchev–Trinajstić information content (AvgIpc) is 3.26. The van der Waals surface area contributed by atoms with Crippen LogP contribution in [0.3, 0.4) is 0 Å². The highest BCUT2D eigenvalue weighted by Crippen LogP contribution is 2.33. The smallest absolute Gasteiger partial charge is 0.253 e. The molecule has 3 heterocycles. The minimum absolute atomic E-state index is 0.0493. The van der Waals surface area contributed by atoms with Gasteiger partial charge in [0.1, 0.15) is 10.6 Å². The summed E-state index contributed by atoms with van der Waals surface area (Å²) >= 11 is 2.90. The van der Waals surface area contributed by atoms with Crippen LogP contribution >= 0.6 is 23.1 Å². The van der Waals surface area contributed by atoms with E-state index < -0.39 is 0 Å². The van der Waals surface area contributed by atoms with Crippen molar-refractivity contribution in [2.45, 2.75) is 25.4 Å². The summed E-state index contributed by atoms with van der Waals surface area (Å²) in [4.78, 5) is 23.5. The number of fused-ring (bicyclic) bond motifs is 1. The van der Waals surface area contributed by atoms with E-state index in [1.807, 2.05) is 44.2 Å². The van der Waals surface area contributed by atoms with E-state index in [0.29, 0.717) is 17.5 Å². The Morgan fingerprint density at radius 1 is 1.26 bits per heavy atom. The number of benzene rings is 1. The Morgan fingerprint density at radius 2 is 2.04 bits per heavy atom. The molecule has 2 N–H and O–H groups in total. The quantitative estimate of drug-likeness (QED) is 0.537. The number of thioether (sulfide) groups is 1. The Balaban J connectivity index is 1.45. The SMILES string of the molecule is Cc1sc2nc(SCC(=O)N3CCC(c4ccccc4)=N3)nc(N)c2c1C. The van der Waals surface area contributed by atoms with E-state index in [9.17, 15) is 4.79 Å². The molecule has 0 aliphatic carbocycles. The van der Waals surface area contributed by atoms with Gasteiger partial charge in [-0.1, -0.05) is 42.1 Å². The number of hydrogen-bond donors (Lipinski definition) is 1. The van der Waals surface area contributed by atoms with Crippen LogP contribution < -0.4 is 5.73 Å². The fourth-order valence-electron chi connectivity index (χ4n) is 3.00. The molecule has 4 rings (SSSR count). The van der Waals surface area contributed by atoms with E-state index >= 15 is 0 Å². The summed E-state index contributed by atoms with van der Waals surface area (Å²) in [6.07, 6.45) is 0.767. The molecular weight excluding hydrogens is 378 g/mol. The lowest BCUT2D eigenvalue weighted by Crippen LogP contribution is -2.25. The number of thiophene rings is 1. The number of nitrogens with zero attached hydrogens (tertiary/aromatic N) is 4. The van der Waals surface area contributed by atoms with Crippen LogP contribution in [0, 0.1) is 13.8 Å². The van der Waals surface area contributed by atoms with Crippen molar-refractivity contribution in [2.75, 3.05) is 18.0 Å². The Morgan fingerprint density at radius 3 is 2.81 bits per heavy atom. The molecule has 0 radical (unpaired) electrons. The van der Waals surface area contributed by atoms with Gasteiger partial charge < -0.3 is 5.73 Å². The molecular formula is C19H19N5OS2. The lowest BCUT2D eigenvalue weighted by atomic mass is 10.1. The molecule has 0 saturated carbocycles. The third kappa shape index (κ3) is 3.54. The van der Waals surface area contributed by atoms with Crippen molar-refractivity contribution in [3.05, 3.63) is 46.3 Å². The predicted molar refractivity (Wildman–Crippen MR) is 111 cm³/mol. The van der Waals surface area contributed by atoms with Crippen LogP contribution in [0.15, 0.2) is 40.6 Å². The van der Waals surface area contributed by atoms with Crippen LogP contribution in [0.25, 0.3) is 10.2 Å². The van der Waals surface area contributed by atoms with Gasteiger partial charge in [0, 0.05) is 11.3 Å². The summed E-state index contributed by atoms with van der Waals surface area (Å²) in [5.74, 6) is 0.661. The van der Waals surface area contributed by atoms with Gasteiger partial charge in [-0.05, 0) is 25.0 Å². The van der Waals surface area contributed by atoms with Crippen molar-refractivity contribution >= 4 is 50.8 Å². The second-order valence-corrected chi connectivity index (χ2v) is 8.47. The van der Waals surface area contributed by atoms with Gasteiger partial charge in [-0.15, -0.1) is 11.3 Å². The number of carbonyl (C=O) groups is 1. The van der Waals surface area contributed by atoms with Crippen molar-refractivity contribution in [3.8, 4) is 0 Å². The van der Waals surface area contributed by atoms with Crippen LogP contribution in [0.1, 0.15) is 22.4 Å². The molecule has 0 atom stereocenters. The lowest BCUT2D eigenvalue weighted by molar-refractivity contribution is -0.127. The summed E-state index contributed by atoms with van der Waals surface area (Å²) in [5, 5.41) is 7.46. The molecule has 138 valence electrons. The van der Waals surface area contributed by atoms with Crippen LogP contribution in [0.4, 0.5) is 5.82 Å². The van der Waals surface area contributed by atoms with Gasteiger partial charge in [0.15, 0.2) is 5.16 Å². The number of aryl methyl sites for hydroxylation is 2. The van der Waals surface area contributed by atoms with Crippen molar-refractivity contribution in [1.29, 1.82) is 0 Å². The zero-order valence-electron chi connectivity index (χ0n) is 15.1. The number of anilines is 1. The average molecular weight is 398 g/mol. The molecule has 1 aliphatic heterocycles. The fourth-order valence-corrected chi connectivity index (χ4v) is 4.81. The Labute approximate surface area is 165 Å². The zero-order valence-corrected chi connectivity index (χ0v) is 16.7. The highest BCUT2D eigenvalue weighted by Gasteiger charge is 2.22. The topological polar surface area (TPSA) is 84.5 Å². The number of aromatic nitrogens is 2. The van der Waals surface area contributed by atoms with E-state index in [0.717, 1.165) is 33.5 Å². The van der Waals surface area contributed by atoms with E-state index in [1.165, 1.54) is 21.6 Å². The van der Waals surface area contributed by atoms with Gasteiger partial charge in [0.2, 0.25) is 0 Å². The molecule has 0 spiro atoms. The molecule has 0 fully saturated rings. The normalized spacial score (nSPS) is 14.0. The van der Waals surface area contributed by atoms with Crippen molar-refractivity contribution in [2.24, 2.45) is 5.10 Å². The molecule has 0 unspecified atom stereocenters. The summed E-state index contributed by atoms with van der Waals surface area (Å²) in [6, 6.07) is 9.95. The third-order valence-electron chi connectivity index (χ3n) is 4.56. The number of carbonyl (C=O) groups excluding carboxylic acids is 1. The van der Waals surface area contributed by atoms with Gasteiger partial charge in [-0.3, -0.25) is 4.79 Å². The number of hydrazone groups is 1. The Bertz CT molecular complexity index is 1050. The van der Waals surface area contributed by atoms with Crippen LogP contribution in [0.2, 0.25) is 0 Å². The van der Waals surface area contributed by atoms with Crippen LogP contribution in [-0.4, -0.2) is 38.9 Å². The molecule has 6 nitrogen and oxygen atoms in total. The summed E-state index contributed by atoms with van der Waals surface area (Å²) in [6.45, 7) is 4.68. The molecule has 1 amide bonds.